The Labute approximate surface area is 164 Å². The number of benzene rings is 1. The van der Waals surface area contributed by atoms with Crippen molar-refractivity contribution < 1.29 is 19.1 Å². The van der Waals surface area contributed by atoms with Crippen LogP contribution in [-0.2, 0) is 9.59 Å². The maximum Gasteiger partial charge on any atom is 0.311 e. The molecule has 1 aromatic rings. The Morgan fingerprint density at radius 1 is 0.880 bits per heavy atom. The summed E-state index contributed by atoms with van der Waals surface area (Å²) in [6, 6.07) is 5.23. The summed E-state index contributed by atoms with van der Waals surface area (Å²) >= 11 is 2.14. The summed E-state index contributed by atoms with van der Waals surface area (Å²) in [6.45, 7) is 8.51. The summed E-state index contributed by atoms with van der Waals surface area (Å²) in [5.41, 5.74) is 0. The van der Waals surface area contributed by atoms with Crippen molar-refractivity contribution >= 4 is 34.5 Å². The lowest BCUT2D eigenvalue weighted by atomic mass is 10.1. The predicted molar refractivity (Wildman–Crippen MR) is 108 cm³/mol. The van der Waals surface area contributed by atoms with E-state index >= 15 is 0 Å². The van der Waals surface area contributed by atoms with E-state index in [1.54, 1.807) is 12.1 Å². The summed E-state index contributed by atoms with van der Waals surface area (Å²) in [5.74, 6) is 1.17. The van der Waals surface area contributed by atoms with Crippen molar-refractivity contribution in [1.29, 1.82) is 0 Å². The minimum Gasteiger partial charge on any atom is -0.423 e. The first-order chi connectivity index (χ1) is 11.8. The normalized spacial score (nSPS) is 11.0. The lowest BCUT2D eigenvalue weighted by Crippen LogP contribution is -2.12. The van der Waals surface area contributed by atoms with Crippen LogP contribution in [0.3, 0.4) is 0 Å². The quantitative estimate of drug-likeness (QED) is 0.253. The fourth-order valence-electron chi connectivity index (χ4n) is 2.30. The van der Waals surface area contributed by atoms with E-state index in [1.165, 1.54) is 0 Å². The number of hydrogen-bond donors (Lipinski definition) is 0. The molecule has 5 heteroatoms. The number of carbonyl (C=O) groups is 2. The van der Waals surface area contributed by atoms with Crippen LogP contribution in [0.1, 0.15) is 66.2 Å². The van der Waals surface area contributed by atoms with Crippen LogP contribution in [0.2, 0.25) is 0 Å². The van der Waals surface area contributed by atoms with E-state index in [0.29, 0.717) is 36.2 Å². The van der Waals surface area contributed by atoms with Crippen molar-refractivity contribution in [3.8, 4) is 11.5 Å². The van der Waals surface area contributed by atoms with Gasteiger partial charge >= 0.3 is 11.9 Å². The molecule has 0 bridgehead atoms. The van der Waals surface area contributed by atoms with Crippen LogP contribution in [-0.4, -0.2) is 11.9 Å². The summed E-state index contributed by atoms with van der Waals surface area (Å²) in [5, 5.41) is 0. The largest absolute Gasteiger partial charge is 0.423 e. The van der Waals surface area contributed by atoms with Crippen molar-refractivity contribution in [1.82, 2.24) is 0 Å². The summed E-state index contributed by atoms with van der Waals surface area (Å²) in [6.07, 6.45) is 4.30. The Balaban J connectivity index is 2.62. The topological polar surface area (TPSA) is 52.6 Å². The molecule has 1 rings (SSSR count). The average Bonchev–Trinajstić information content (AvgIpc) is 2.49. The van der Waals surface area contributed by atoms with Crippen molar-refractivity contribution in [2.45, 2.75) is 66.2 Å². The van der Waals surface area contributed by atoms with E-state index in [4.69, 9.17) is 9.47 Å². The fraction of sp³-hybridized carbons (Fsp3) is 0.600. The SMILES string of the molecule is CC(C)CCCC(=O)Oc1ccc(I)cc1OC(=O)CCCC(C)C. The first-order valence-electron chi connectivity index (χ1n) is 8.98. The van der Waals surface area contributed by atoms with Gasteiger partial charge < -0.3 is 9.47 Å². The smallest absolute Gasteiger partial charge is 0.311 e. The molecule has 1 aromatic carbocycles. The molecule has 140 valence electrons. The number of ether oxygens (including phenoxy) is 2. The standard InChI is InChI=1S/C20H29IO4/c1-14(2)7-5-9-19(22)24-17-12-11-16(21)13-18(17)25-20(23)10-6-8-15(3)4/h11-15H,5-10H2,1-4H3. The Morgan fingerprint density at radius 3 is 1.84 bits per heavy atom. The second-order valence-electron chi connectivity index (χ2n) is 7.11. The van der Waals surface area contributed by atoms with Crippen LogP contribution in [0.5, 0.6) is 11.5 Å². The highest BCUT2D eigenvalue weighted by Gasteiger charge is 2.14. The molecule has 0 saturated heterocycles. The number of esters is 2. The van der Waals surface area contributed by atoms with Gasteiger partial charge in [0.15, 0.2) is 11.5 Å². The molecule has 0 heterocycles. The van der Waals surface area contributed by atoms with Gasteiger partial charge in [0.25, 0.3) is 0 Å². The summed E-state index contributed by atoms with van der Waals surface area (Å²) in [7, 11) is 0. The van der Waals surface area contributed by atoms with Gasteiger partial charge in [-0.1, -0.05) is 40.5 Å². The Kier molecular flexibility index (Phi) is 10.1. The fourth-order valence-corrected chi connectivity index (χ4v) is 2.77. The van der Waals surface area contributed by atoms with E-state index in [-0.39, 0.29) is 11.9 Å². The lowest BCUT2D eigenvalue weighted by Gasteiger charge is -2.12. The molecule has 0 spiro atoms. The van der Waals surface area contributed by atoms with Gasteiger partial charge in [-0.15, -0.1) is 0 Å². The van der Waals surface area contributed by atoms with Gasteiger partial charge in [-0.3, -0.25) is 9.59 Å². The molecule has 0 radical (unpaired) electrons. The van der Waals surface area contributed by atoms with Gasteiger partial charge in [-0.2, -0.15) is 0 Å². The zero-order chi connectivity index (χ0) is 18.8. The zero-order valence-electron chi connectivity index (χ0n) is 15.6. The molecule has 0 saturated carbocycles. The third-order valence-electron chi connectivity index (χ3n) is 3.68. The molecule has 0 aliphatic rings. The third-order valence-corrected chi connectivity index (χ3v) is 4.35. The summed E-state index contributed by atoms with van der Waals surface area (Å²) in [4.78, 5) is 24.0. The second-order valence-corrected chi connectivity index (χ2v) is 8.36. The minimum absolute atomic E-state index is 0.292. The first-order valence-corrected chi connectivity index (χ1v) is 10.1. The Bertz CT molecular complexity index is 567. The monoisotopic (exact) mass is 460 g/mol. The number of rotatable bonds is 10. The first kappa shape index (κ1) is 21.9. The molecule has 0 N–H and O–H groups in total. The molecular weight excluding hydrogens is 431 g/mol. The lowest BCUT2D eigenvalue weighted by molar-refractivity contribution is -0.137. The van der Waals surface area contributed by atoms with Crippen LogP contribution in [0, 0.1) is 15.4 Å². The molecule has 0 aliphatic heterocycles. The highest BCUT2D eigenvalue weighted by molar-refractivity contribution is 14.1. The molecule has 0 fully saturated rings. The second kappa shape index (κ2) is 11.5. The van der Waals surface area contributed by atoms with E-state index in [0.717, 1.165) is 29.3 Å². The number of halogens is 1. The van der Waals surface area contributed by atoms with Gasteiger partial charge in [-0.25, -0.2) is 0 Å². The molecule has 4 nitrogen and oxygen atoms in total. The predicted octanol–water partition coefficient (Wildman–Crippen LogP) is 5.75. The van der Waals surface area contributed by atoms with Crippen molar-refractivity contribution in [3.05, 3.63) is 21.8 Å². The number of carbonyl (C=O) groups excluding carboxylic acids is 2. The Hall–Kier alpha value is -1.11. The average molecular weight is 460 g/mol. The summed E-state index contributed by atoms with van der Waals surface area (Å²) < 4.78 is 11.8. The van der Waals surface area contributed by atoms with Gasteiger partial charge in [-0.05, 0) is 65.5 Å². The van der Waals surface area contributed by atoms with E-state index in [9.17, 15) is 9.59 Å². The zero-order valence-corrected chi connectivity index (χ0v) is 17.8. The molecule has 0 unspecified atom stereocenters. The highest BCUT2D eigenvalue weighted by Crippen LogP contribution is 2.30. The van der Waals surface area contributed by atoms with Gasteiger partial charge in [0.2, 0.25) is 0 Å². The molecule has 0 aromatic heterocycles. The van der Waals surface area contributed by atoms with Crippen LogP contribution < -0.4 is 9.47 Å². The van der Waals surface area contributed by atoms with Crippen LogP contribution in [0.15, 0.2) is 18.2 Å². The van der Waals surface area contributed by atoms with E-state index < -0.39 is 0 Å². The van der Waals surface area contributed by atoms with Crippen molar-refractivity contribution in [2.24, 2.45) is 11.8 Å². The van der Waals surface area contributed by atoms with Gasteiger partial charge in [0.1, 0.15) is 0 Å². The van der Waals surface area contributed by atoms with E-state index in [2.05, 4.69) is 50.3 Å². The van der Waals surface area contributed by atoms with Crippen molar-refractivity contribution in [2.75, 3.05) is 0 Å². The number of hydrogen-bond acceptors (Lipinski definition) is 4. The minimum atomic E-state index is -0.293. The van der Waals surface area contributed by atoms with Gasteiger partial charge in [0.05, 0.1) is 0 Å². The van der Waals surface area contributed by atoms with Crippen LogP contribution in [0.25, 0.3) is 0 Å². The molecule has 25 heavy (non-hydrogen) atoms. The van der Waals surface area contributed by atoms with Crippen LogP contribution in [0.4, 0.5) is 0 Å². The molecule has 0 aliphatic carbocycles. The molecular formula is C20H29IO4. The van der Waals surface area contributed by atoms with Gasteiger partial charge in [0, 0.05) is 16.4 Å². The van der Waals surface area contributed by atoms with Crippen molar-refractivity contribution in [3.63, 3.8) is 0 Å². The Morgan fingerprint density at radius 2 is 1.36 bits per heavy atom. The maximum absolute atomic E-state index is 12.0. The molecule has 0 atom stereocenters. The molecule has 0 amide bonds. The maximum atomic E-state index is 12.0. The van der Waals surface area contributed by atoms with E-state index in [1.807, 2.05) is 6.07 Å². The highest BCUT2D eigenvalue weighted by atomic mass is 127. The third kappa shape index (κ3) is 9.82. The van der Waals surface area contributed by atoms with Crippen LogP contribution >= 0.6 is 22.6 Å².